The number of nitrogens with one attached hydrogen (secondary N) is 3. The zero-order chi connectivity index (χ0) is 17.7. The number of halogens is 1. The lowest BCUT2D eigenvalue weighted by Crippen LogP contribution is -2.25. The average molecular weight is 350 g/mol. The lowest BCUT2D eigenvalue weighted by Gasteiger charge is -2.14. The molecule has 1 aromatic heterocycles. The predicted molar refractivity (Wildman–Crippen MR) is 94.6 cm³/mol. The smallest absolute Gasteiger partial charge is 0.253 e. The van der Waals surface area contributed by atoms with Crippen LogP contribution in [0.5, 0.6) is 0 Å². The summed E-state index contributed by atoms with van der Waals surface area (Å²) in [5.41, 5.74) is 0.913. The van der Waals surface area contributed by atoms with Crippen molar-refractivity contribution < 1.29 is 9.59 Å². The molecule has 0 aliphatic heterocycles. The average Bonchev–Trinajstić information content (AvgIpc) is 3.00. The fraction of sp³-hybridized carbons (Fsp3) is 0.312. The second kappa shape index (κ2) is 7.83. The van der Waals surface area contributed by atoms with E-state index in [1.165, 1.54) is 0 Å². The van der Waals surface area contributed by atoms with Crippen LogP contribution in [0.25, 0.3) is 0 Å². The Bertz CT molecular complexity index is 742. The van der Waals surface area contributed by atoms with Gasteiger partial charge in [-0.15, -0.1) is 0 Å². The summed E-state index contributed by atoms with van der Waals surface area (Å²) in [5, 5.41) is 12.9. The van der Waals surface area contributed by atoms with Crippen molar-refractivity contribution in [2.45, 2.75) is 19.9 Å². The van der Waals surface area contributed by atoms with E-state index < -0.39 is 0 Å². The van der Waals surface area contributed by atoms with Gasteiger partial charge in [0.25, 0.3) is 5.91 Å². The SMILES string of the molecule is CNC(=O)c1ccc(Cl)cc1NCC(=O)Nc1ccnn1C(C)C. The molecular weight excluding hydrogens is 330 g/mol. The van der Waals surface area contributed by atoms with E-state index in [0.717, 1.165) is 0 Å². The van der Waals surface area contributed by atoms with E-state index in [1.54, 1.807) is 42.2 Å². The second-order valence-electron chi connectivity index (χ2n) is 5.43. The van der Waals surface area contributed by atoms with Crippen LogP contribution in [-0.4, -0.2) is 35.2 Å². The Morgan fingerprint density at radius 1 is 1.29 bits per heavy atom. The van der Waals surface area contributed by atoms with Gasteiger partial charge in [-0.2, -0.15) is 5.10 Å². The third-order valence-electron chi connectivity index (χ3n) is 3.32. The van der Waals surface area contributed by atoms with Crippen LogP contribution < -0.4 is 16.0 Å². The highest BCUT2D eigenvalue weighted by Gasteiger charge is 2.13. The van der Waals surface area contributed by atoms with Gasteiger partial charge in [0.1, 0.15) is 5.82 Å². The first-order valence-corrected chi connectivity index (χ1v) is 7.89. The molecule has 2 aromatic rings. The van der Waals surface area contributed by atoms with E-state index in [0.29, 0.717) is 22.1 Å². The third kappa shape index (κ3) is 4.26. The van der Waals surface area contributed by atoms with Crippen LogP contribution >= 0.6 is 11.6 Å². The van der Waals surface area contributed by atoms with Crippen LogP contribution in [0.3, 0.4) is 0 Å². The van der Waals surface area contributed by atoms with Crippen LogP contribution in [0.1, 0.15) is 30.2 Å². The molecule has 0 atom stereocenters. The lowest BCUT2D eigenvalue weighted by molar-refractivity contribution is -0.114. The molecule has 128 valence electrons. The molecule has 0 saturated carbocycles. The molecular formula is C16H20ClN5O2. The van der Waals surface area contributed by atoms with Gasteiger partial charge in [-0.1, -0.05) is 11.6 Å². The largest absolute Gasteiger partial charge is 0.375 e. The van der Waals surface area contributed by atoms with Gasteiger partial charge in [-0.05, 0) is 32.0 Å². The van der Waals surface area contributed by atoms with E-state index in [9.17, 15) is 9.59 Å². The van der Waals surface area contributed by atoms with Gasteiger partial charge in [0.05, 0.1) is 18.3 Å². The van der Waals surface area contributed by atoms with Crippen molar-refractivity contribution in [2.75, 3.05) is 24.2 Å². The van der Waals surface area contributed by atoms with E-state index in [2.05, 4.69) is 21.0 Å². The zero-order valence-electron chi connectivity index (χ0n) is 13.8. The summed E-state index contributed by atoms with van der Waals surface area (Å²) in [5.74, 6) is 0.113. The second-order valence-corrected chi connectivity index (χ2v) is 5.86. The van der Waals surface area contributed by atoms with Crippen molar-refractivity contribution in [1.82, 2.24) is 15.1 Å². The summed E-state index contributed by atoms with van der Waals surface area (Å²) >= 11 is 5.97. The van der Waals surface area contributed by atoms with Gasteiger partial charge in [0, 0.05) is 29.9 Å². The summed E-state index contributed by atoms with van der Waals surface area (Å²) in [7, 11) is 1.54. The van der Waals surface area contributed by atoms with Crippen molar-refractivity contribution in [3.05, 3.63) is 41.0 Å². The van der Waals surface area contributed by atoms with Crippen LogP contribution in [-0.2, 0) is 4.79 Å². The summed E-state index contributed by atoms with van der Waals surface area (Å²) in [4.78, 5) is 24.0. The number of nitrogens with zero attached hydrogens (tertiary/aromatic N) is 2. The van der Waals surface area contributed by atoms with Crippen molar-refractivity contribution >= 4 is 34.9 Å². The van der Waals surface area contributed by atoms with Gasteiger partial charge >= 0.3 is 0 Å². The topological polar surface area (TPSA) is 88.1 Å². The fourth-order valence-electron chi connectivity index (χ4n) is 2.18. The molecule has 1 aromatic carbocycles. The number of hydrogen-bond acceptors (Lipinski definition) is 4. The van der Waals surface area contributed by atoms with E-state index in [-0.39, 0.29) is 24.4 Å². The highest BCUT2D eigenvalue weighted by atomic mass is 35.5. The van der Waals surface area contributed by atoms with Gasteiger partial charge < -0.3 is 16.0 Å². The minimum Gasteiger partial charge on any atom is -0.375 e. The van der Waals surface area contributed by atoms with Crippen molar-refractivity contribution in [2.24, 2.45) is 0 Å². The summed E-state index contributed by atoms with van der Waals surface area (Å²) in [6.45, 7) is 3.94. The Hall–Kier alpha value is -2.54. The Balaban J connectivity index is 2.05. The first kappa shape index (κ1) is 17.8. The number of benzene rings is 1. The van der Waals surface area contributed by atoms with Crippen LogP contribution in [0, 0.1) is 0 Å². The predicted octanol–water partition coefficient (Wildman–Crippen LogP) is 2.53. The van der Waals surface area contributed by atoms with Crippen molar-refractivity contribution in [3.63, 3.8) is 0 Å². The monoisotopic (exact) mass is 349 g/mol. The normalized spacial score (nSPS) is 10.5. The lowest BCUT2D eigenvalue weighted by atomic mass is 10.1. The first-order chi connectivity index (χ1) is 11.4. The van der Waals surface area contributed by atoms with Crippen LogP contribution in [0.2, 0.25) is 5.02 Å². The standard InChI is InChI=1S/C16H20ClN5O2/c1-10(2)22-14(6-7-20-22)21-15(23)9-19-13-8-11(17)4-5-12(13)16(24)18-3/h4-8,10,19H,9H2,1-3H3,(H,18,24)(H,21,23). The maximum Gasteiger partial charge on any atom is 0.253 e. The molecule has 24 heavy (non-hydrogen) atoms. The minimum absolute atomic E-state index is 0.00634. The van der Waals surface area contributed by atoms with Crippen LogP contribution in [0.15, 0.2) is 30.5 Å². The summed E-state index contributed by atoms with van der Waals surface area (Å²) in [6.07, 6.45) is 1.63. The number of carbonyl (C=O) groups excluding carboxylic acids is 2. The molecule has 0 spiro atoms. The van der Waals surface area contributed by atoms with E-state index >= 15 is 0 Å². The summed E-state index contributed by atoms with van der Waals surface area (Å²) < 4.78 is 1.72. The number of rotatable bonds is 6. The Kier molecular flexibility index (Phi) is 5.81. The molecule has 8 heteroatoms. The number of aromatic nitrogens is 2. The molecule has 2 rings (SSSR count). The maximum atomic E-state index is 12.1. The van der Waals surface area contributed by atoms with E-state index in [4.69, 9.17) is 11.6 Å². The number of amides is 2. The quantitative estimate of drug-likeness (QED) is 0.747. The first-order valence-electron chi connectivity index (χ1n) is 7.51. The van der Waals surface area contributed by atoms with Crippen molar-refractivity contribution in [1.29, 1.82) is 0 Å². The molecule has 0 fully saturated rings. The fourth-order valence-corrected chi connectivity index (χ4v) is 2.35. The molecule has 0 aliphatic carbocycles. The Morgan fingerprint density at radius 2 is 2.04 bits per heavy atom. The molecule has 0 unspecified atom stereocenters. The highest BCUT2D eigenvalue weighted by Crippen LogP contribution is 2.21. The highest BCUT2D eigenvalue weighted by molar-refractivity contribution is 6.31. The molecule has 2 amide bonds. The molecule has 7 nitrogen and oxygen atoms in total. The minimum atomic E-state index is -0.257. The Labute approximate surface area is 145 Å². The maximum absolute atomic E-state index is 12.1. The van der Waals surface area contributed by atoms with Crippen LogP contribution in [0.4, 0.5) is 11.5 Å². The molecule has 1 heterocycles. The van der Waals surface area contributed by atoms with Gasteiger partial charge in [0.15, 0.2) is 0 Å². The molecule has 0 aliphatic rings. The van der Waals surface area contributed by atoms with E-state index in [1.807, 2.05) is 13.8 Å². The molecule has 0 bridgehead atoms. The molecule has 0 saturated heterocycles. The van der Waals surface area contributed by atoms with Crippen molar-refractivity contribution in [3.8, 4) is 0 Å². The number of carbonyl (C=O) groups is 2. The molecule has 3 N–H and O–H groups in total. The third-order valence-corrected chi connectivity index (χ3v) is 3.55. The Morgan fingerprint density at radius 3 is 2.71 bits per heavy atom. The number of hydrogen-bond donors (Lipinski definition) is 3. The van der Waals surface area contributed by atoms with Gasteiger partial charge in [-0.25, -0.2) is 4.68 Å². The van der Waals surface area contributed by atoms with Gasteiger partial charge in [0.2, 0.25) is 5.91 Å². The van der Waals surface area contributed by atoms with Gasteiger partial charge in [-0.3, -0.25) is 9.59 Å². The molecule has 0 radical (unpaired) electrons. The number of anilines is 2. The summed E-state index contributed by atoms with van der Waals surface area (Å²) in [6, 6.07) is 6.70. The zero-order valence-corrected chi connectivity index (χ0v) is 14.5.